The van der Waals surface area contributed by atoms with Crippen LogP contribution in [-0.4, -0.2) is 30.4 Å². The minimum atomic E-state index is -0.234. The van der Waals surface area contributed by atoms with Crippen LogP contribution in [0.2, 0.25) is 0 Å². The van der Waals surface area contributed by atoms with Crippen LogP contribution >= 0.6 is 15.9 Å². The predicted molar refractivity (Wildman–Crippen MR) is 115 cm³/mol. The summed E-state index contributed by atoms with van der Waals surface area (Å²) in [6, 6.07) is 13.2. The molecule has 2 aromatic rings. The number of anilines is 1. The van der Waals surface area contributed by atoms with Gasteiger partial charge in [-0.3, -0.25) is 9.69 Å². The fraction of sp³-hybridized carbons (Fsp3) is 0.348. The zero-order valence-electron chi connectivity index (χ0n) is 16.0. The minimum absolute atomic E-state index is 0.0529. The normalized spacial score (nSPS) is 17.8. The van der Waals surface area contributed by atoms with Gasteiger partial charge in [0.25, 0.3) is 0 Å². The molecule has 1 amide bonds. The lowest BCUT2D eigenvalue weighted by Crippen LogP contribution is -2.31. The number of nitrogens with zero attached hydrogens (tertiary/aromatic N) is 2. The number of hydrogen-bond acceptors (Lipinski definition) is 2. The van der Waals surface area contributed by atoms with Crippen LogP contribution in [0.1, 0.15) is 36.0 Å². The monoisotopic (exact) mass is 442 g/mol. The van der Waals surface area contributed by atoms with E-state index in [1.807, 2.05) is 30.3 Å². The quantitative estimate of drug-likeness (QED) is 0.643. The molecule has 1 fully saturated rings. The van der Waals surface area contributed by atoms with Crippen molar-refractivity contribution in [2.45, 2.75) is 32.7 Å². The molecule has 0 bridgehead atoms. The van der Waals surface area contributed by atoms with Gasteiger partial charge >= 0.3 is 0 Å². The number of aryl methyl sites for hydroxylation is 1. The second kappa shape index (κ2) is 8.18. The van der Waals surface area contributed by atoms with Crippen molar-refractivity contribution >= 4 is 32.0 Å². The Balaban J connectivity index is 1.68. The van der Waals surface area contributed by atoms with Crippen LogP contribution in [0.15, 0.2) is 48.0 Å². The van der Waals surface area contributed by atoms with E-state index < -0.39 is 0 Å². The maximum Gasteiger partial charge on any atom is 0.231 e. The van der Waals surface area contributed by atoms with Gasteiger partial charge in [-0.1, -0.05) is 46.3 Å². The molecule has 0 spiro atoms. The van der Waals surface area contributed by atoms with Crippen molar-refractivity contribution in [1.82, 2.24) is 4.90 Å². The van der Waals surface area contributed by atoms with Crippen LogP contribution in [-0.2, 0) is 11.3 Å². The number of carbonyl (C=O) groups is 1. The Labute approximate surface area is 174 Å². The summed E-state index contributed by atoms with van der Waals surface area (Å²) in [6.45, 7) is 5.10. The summed E-state index contributed by atoms with van der Waals surface area (Å²) in [5, 5.41) is 0. The highest BCUT2D eigenvalue weighted by Crippen LogP contribution is 2.39. The zero-order chi connectivity index (χ0) is 19.7. The molecule has 0 atom stereocenters. The smallest absolute Gasteiger partial charge is 0.231 e. The first-order valence-electron chi connectivity index (χ1n) is 9.77. The second-order valence-electron chi connectivity index (χ2n) is 7.66. The fourth-order valence-corrected chi connectivity index (χ4v) is 4.60. The van der Waals surface area contributed by atoms with Gasteiger partial charge in [-0.05, 0) is 61.7 Å². The number of likely N-dealkylation sites (tertiary alicyclic amines) is 1. The molecule has 4 rings (SSSR count). The number of rotatable bonds is 4. The molecule has 1 saturated heterocycles. The van der Waals surface area contributed by atoms with E-state index in [1.165, 1.54) is 18.9 Å². The molecule has 5 heteroatoms. The third kappa shape index (κ3) is 3.91. The summed E-state index contributed by atoms with van der Waals surface area (Å²) in [4.78, 5) is 17.4. The topological polar surface area (TPSA) is 23.6 Å². The van der Waals surface area contributed by atoms with Gasteiger partial charge in [0.15, 0.2) is 0 Å². The van der Waals surface area contributed by atoms with Crippen molar-refractivity contribution in [3.8, 4) is 0 Å². The highest BCUT2D eigenvalue weighted by atomic mass is 79.9. The Morgan fingerprint density at radius 3 is 2.57 bits per heavy atom. The van der Waals surface area contributed by atoms with Crippen LogP contribution < -0.4 is 4.90 Å². The fourth-order valence-electron chi connectivity index (χ4n) is 4.00. The van der Waals surface area contributed by atoms with Gasteiger partial charge < -0.3 is 4.90 Å². The molecule has 0 unspecified atom stereocenters. The maximum absolute atomic E-state index is 14.0. The van der Waals surface area contributed by atoms with Crippen LogP contribution in [0.25, 0.3) is 4.48 Å². The molecule has 3 nitrogen and oxygen atoms in total. The standard InChI is InChI=1S/C23H24BrFN2O/c1-16-8-9-17(12-20(16)25)14-27-21-7-3-2-6-19(21)23(24)18(13-22(27)28)15-26-10-4-5-11-26/h2-3,6-9,12H,4-5,10-11,13-15H2,1H3. The first-order chi connectivity index (χ1) is 13.5. The summed E-state index contributed by atoms with van der Waals surface area (Å²) < 4.78 is 15.0. The average Bonchev–Trinajstić information content (AvgIpc) is 3.18. The minimum Gasteiger partial charge on any atom is -0.307 e. The number of carbonyl (C=O) groups excluding carboxylic acids is 1. The first kappa shape index (κ1) is 19.3. The van der Waals surface area contributed by atoms with Crippen molar-refractivity contribution in [2.24, 2.45) is 0 Å². The van der Waals surface area contributed by atoms with Crippen molar-refractivity contribution < 1.29 is 9.18 Å². The van der Waals surface area contributed by atoms with E-state index in [0.29, 0.717) is 18.5 Å². The van der Waals surface area contributed by atoms with Gasteiger partial charge in [0, 0.05) is 16.6 Å². The lowest BCUT2D eigenvalue weighted by molar-refractivity contribution is -0.118. The van der Waals surface area contributed by atoms with Crippen LogP contribution in [0.3, 0.4) is 0 Å². The Morgan fingerprint density at radius 1 is 1.07 bits per heavy atom. The van der Waals surface area contributed by atoms with E-state index in [-0.39, 0.29) is 11.7 Å². The highest BCUT2D eigenvalue weighted by molar-refractivity contribution is 9.15. The molecule has 146 valence electrons. The van der Waals surface area contributed by atoms with Gasteiger partial charge in [-0.15, -0.1) is 0 Å². The predicted octanol–water partition coefficient (Wildman–Crippen LogP) is 5.27. The van der Waals surface area contributed by atoms with E-state index in [9.17, 15) is 9.18 Å². The molecule has 2 aliphatic rings. The molecule has 2 aliphatic heterocycles. The molecule has 2 heterocycles. The summed E-state index contributed by atoms with van der Waals surface area (Å²) in [7, 11) is 0. The van der Waals surface area contributed by atoms with Crippen molar-refractivity contribution in [2.75, 3.05) is 24.5 Å². The molecular formula is C23H24BrFN2O. The first-order valence-corrected chi connectivity index (χ1v) is 10.6. The summed E-state index contributed by atoms with van der Waals surface area (Å²) in [5.41, 5.74) is 4.43. The van der Waals surface area contributed by atoms with Gasteiger partial charge in [0.1, 0.15) is 5.82 Å². The largest absolute Gasteiger partial charge is 0.307 e. The third-order valence-electron chi connectivity index (χ3n) is 5.60. The Kier molecular flexibility index (Phi) is 5.65. The lowest BCUT2D eigenvalue weighted by Gasteiger charge is -2.24. The van der Waals surface area contributed by atoms with Gasteiger partial charge in [0.2, 0.25) is 5.91 Å². The number of amides is 1. The summed E-state index contributed by atoms with van der Waals surface area (Å²) in [6.07, 6.45) is 2.82. The Bertz CT molecular complexity index is 934. The van der Waals surface area contributed by atoms with E-state index >= 15 is 0 Å². The zero-order valence-corrected chi connectivity index (χ0v) is 17.6. The number of benzene rings is 2. The molecule has 0 aromatic heterocycles. The highest BCUT2D eigenvalue weighted by Gasteiger charge is 2.28. The van der Waals surface area contributed by atoms with E-state index in [2.05, 4.69) is 20.8 Å². The molecule has 0 aliphatic carbocycles. The van der Waals surface area contributed by atoms with E-state index in [0.717, 1.165) is 46.5 Å². The van der Waals surface area contributed by atoms with Crippen molar-refractivity contribution in [3.63, 3.8) is 0 Å². The van der Waals surface area contributed by atoms with Gasteiger partial charge in [-0.2, -0.15) is 0 Å². The van der Waals surface area contributed by atoms with Crippen molar-refractivity contribution in [3.05, 3.63) is 70.5 Å². The Hall–Kier alpha value is -1.98. The molecule has 0 saturated carbocycles. The summed E-state index contributed by atoms with van der Waals surface area (Å²) in [5.74, 6) is -0.181. The number of fused-ring (bicyclic) bond motifs is 1. The van der Waals surface area contributed by atoms with Crippen molar-refractivity contribution in [1.29, 1.82) is 0 Å². The molecule has 0 N–H and O–H groups in total. The second-order valence-corrected chi connectivity index (χ2v) is 8.45. The van der Waals surface area contributed by atoms with E-state index in [1.54, 1.807) is 17.9 Å². The Morgan fingerprint density at radius 2 is 1.82 bits per heavy atom. The van der Waals surface area contributed by atoms with Gasteiger partial charge in [0.05, 0.1) is 18.7 Å². The number of halogens is 2. The van der Waals surface area contributed by atoms with Crippen LogP contribution in [0.5, 0.6) is 0 Å². The van der Waals surface area contributed by atoms with E-state index in [4.69, 9.17) is 0 Å². The van der Waals surface area contributed by atoms with Crippen LogP contribution in [0.4, 0.5) is 10.1 Å². The number of hydrogen-bond donors (Lipinski definition) is 0. The lowest BCUT2D eigenvalue weighted by atomic mass is 10.1. The molecule has 2 aromatic carbocycles. The summed E-state index contributed by atoms with van der Waals surface area (Å²) >= 11 is 3.79. The SMILES string of the molecule is Cc1ccc(CN2C(=O)CC(CN3CCCC3)=C(Br)c3ccccc32)cc1F. The maximum atomic E-state index is 14.0. The molecule has 0 radical (unpaired) electrons. The third-order valence-corrected chi connectivity index (χ3v) is 6.59. The average molecular weight is 443 g/mol. The molecular weight excluding hydrogens is 419 g/mol. The number of para-hydroxylation sites is 1. The van der Waals surface area contributed by atoms with Gasteiger partial charge in [-0.25, -0.2) is 4.39 Å². The molecule has 28 heavy (non-hydrogen) atoms. The van der Waals surface area contributed by atoms with Crippen LogP contribution in [0, 0.1) is 12.7 Å².